The minimum absolute atomic E-state index is 0. The van der Waals surface area contributed by atoms with E-state index in [-0.39, 0.29) is 65.7 Å². The number of fused-ring (bicyclic) bond motifs is 6. The maximum atomic E-state index is 12.0. The Morgan fingerprint density at radius 1 is 0.519 bits per heavy atom. The van der Waals surface area contributed by atoms with Gasteiger partial charge in [-0.15, -0.1) is 23.4 Å². The quantitative estimate of drug-likeness (QED) is 0.00616. The predicted octanol–water partition coefficient (Wildman–Crippen LogP) is 10.9. The fourth-order valence-corrected chi connectivity index (χ4v) is 16.5. The van der Waals surface area contributed by atoms with Crippen LogP contribution in [0.25, 0.3) is 0 Å². The standard InChI is InChI=1S/2C39H52N2O6.C7H4.BrH.H2O2/c2*42-27-32-24-31(12-15-36(32)43)37(44)25-40-19-16-29-10-13-35(14-11-29)46-23-22-41-20-17-30(18-21-41)38(26-41)47-28-39(45,34-8-4-5-9-34)33-6-2-1-3-7-33;1-3-5-7-6-4-2;;1-2/h2*1-3,6-7,10-15,24,30,34,37-38,40,42,44-45H,4-5,8-9,16-23,25-28H2;1H,2H3;1H;1-2H/p+2/t2*30?,37-,38-,39+,41?;;;/m00.../s1. The van der Waals surface area contributed by atoms with E-state index in [0.717, 1.165) is 109 Å². The lowest BCUT2D eigenvalue weighted by Crippen LogP contribution is -2.65. The Hall–Kier alpha value is -6.88. The topological polar surface area (TPSA) is 263 Å². The molecule has 6 aromatic rings. The molecule has 6 saturated heterocycles. The molecule has 0 spiro atoms. The van der Waals surface area contributed by atoms with Crippen LogP contribution >= 0.6 is 17.0 Å². The third kappa shape index (κ3) is 23.1. The molecule has 6 atom stereocenters. The Kier molecular flexibility index (Phi) is 33.3. The largest absolute Gasteiger partial charge is 0.508 e. The molecule has 104 heavy (non-hydrogen) atoms. The number of piperidine rings is 6. The molecule has 18 nitrogen and oxygen atoms in total. The number of terminal acetylenes is 1. The van der Waals surface area contributed by atoms with Crippen LogP contribution in [0.15, 0.2) is 146 Å². The fraction of sp³-hybridized carbons (Fsp3) is 0.506. The van der Waals surface area contributed by atoms with Crippen molar-refractivity contribution in [3.05, 3.63) is 190 Å². The molecule has 0 unspecified atom stereocenters. The van der Waals surface area contributed by atoms with Crippen LogP contribution in [0.4, 0.5) is 0 Å². The highest BCUT2D eigenvalue weighted by molar-refractivity contribution is 8.93. The molecule has 6 heterocycles. The molecule has 0 aromatic heterocycles. The van der Waals surface area contributed by atoms with Gasteiger partial charge in [0.25, 0.3) is 0 Å². The molecule has 8 fully saturated rings. The number of nitrogens with one attached hydrogen (secondary N) is 2. The summed E-state index contributed by atoms with van der Waals surface area (Å²) in [6.07, 6.45) is 19.1. The second kappa shape index (κ2) is 41.9. The second-order valence-electron chi connectivity index (χ2n) is 29.1. The first-order valence-electron chi connectivity index (χ1n) is 37.3. The maximum Gasteiger partial charge on any atom is 0.137 e. The van der Waals surface area contributed by atoms with E-state index in [4.69, 9.17) is 35.9 Å². The molecule has 19 heteroatoms. The fourth-order valence-electron chi connectivity index (χ4n) is 16.5. The SMILES string of the molecule is Br.C#CC#CC#CC.OCc1cc([C@@H](O)CNCCc2ccc(OCC[N+]34CCC(CC3)[C@@H](OC[C@@](O)(c3ccccc3)C3CCCC3)C4)cc2)ccc1O.OCc1cc([C@@H](O)CNCCc2ccc(OCC[N+]34CCC(CC3)[C@@H](OC[C@@](O)(c3ccccc3)C3CCCC3)C4)cc2)ccc1O.OO. The van der Waals surface area contributed by atoms with Crippen molar-refractivity contribution >= 4 is 17.0 Å². The van der Waals surface area contributed by atoms with Gasteiger partial charge in [0.1, 0.15) is 85.8 Å². The highest BCUT2D eigenvalue weighted by atomic mass is 79.9. The van der Waals surface area contributed by atoms with Crippen LogP contribution in [-0.2, 0) is 46.7 Å². The summed E-state index contributed by atoms with van der Waals surface area (Å²) in [7, 11) is 0. The monoisotopic (exact) mass is 1490 g/mol. The number of benzene rings is 6. The number of rotatable bonds is 32. The molecule has 6 aromatic carbocycles. The zero-order valence-corrected chi connectivity index (χ0v) is 62.3. The molecule has 8 aliphatic rings. The van der Waals surface area contributed by atoms with Gasteiger partial charge in [-0.05, 0) is 176 Å². The number of hydrogen-bond acceptors (Lipinski definition) is 16. The summed E-state index contributed by atoms with van der Waals surface area (Å²) >= 11 is 0. The van der Waals surface area contributed by atoms with Crippen molar-refractivity contribution in [2.24, 2.45) is 23.7 Å². The minimum Gasteiger partial charge on any atom is -0.508 e. The van der Waals surface area contributed by atoms with Crippen LogP contribution in [0.2, 0.25) is 0 Å². The normalized spacial score (nSPS) is 22.6. The van der Waals surface area contributed by atoms with Crippen molar-refractivity contribution < 1.29 is 79.3 Å². The molecule has 0 amide bonds. The van der Waals surface area contributed by atoms with Crippen LogP contribution in [0.3, 0.4) is 0 Å². The number of quaternary nitrogens is 2. The molecule has 2 aliphatic carbocycles. The Labute approximate surface area is 626 Å². The lowest BCUT2D eigenvalue weighted by Gasteiger charge is -2.52. The van der Waals surface area contributed by atoms with Gasteiger partial charge in [-0.25, -0.2) is 0 Å². The first kappa shape index (κ1) is 82.8. The van der Waals surface area contributed by atoms with Crippen LogP contribution in [0.5, 0.6) is 23.0 Å². The Morgan fingerprint density at radius 2 is 0.904 bits per heavy atom. The molecular weight excluding hydrogens is 1380 g/mol. The maximum absolute atomic E-state index is 12.0. The van der Waals surface area contributed by atoms with Gasteiger partial charge in [0, 0.05) is 61.7 Å². The predicted molar refractivity (Wildman–Crippen MR) is 410 cm³/mol. The first-order chi connectivity index (χ1) is 50.2. The van der Waals surface area contributed by atoms with Crippen molar-refractivity contribution in [1.29, 1.82) is 0 Å². The third-order valence-electron chi connectivity index (χ3n) is 22.7. The average molecular weight is 1490 g/mol. The van der Waals surface area contributed by atoms with Crippen LogP contribution in [-0.4, -0.2) is 178 Å². The average Bonchev–Trinajstić information content (AvgIpc) is 1.18. The molecule has 6 aliphatic heterocycles. The lowest BCUT2D eigenvalue weighted by atomic mass is 9.80. The van der Waals surface area contributed by atoms with Gasteiger partial charge in [0.2, 0.25) is 0 Å². The number of nitrogens with zero attached hydrogens (tertiary/aromatic N) is 2. The van der Waals surface area contributed by atoms with Gasteiger partial charge in [0.15, 0.2) is 0 Å². The highest BCUT2D eigenvalue weighted by Crippen LogP contribution is 2.45. The number of aliphatic hydroxyl groups excluding tert-OH is 4. The lowest BCUT2D eigenvalue weighted by molar-refractivity contribution is -0.946. The zero-order chi connectivity index (χ0) is 72.9. The highest BCUT2D eigenvalue weighted by Gasteiger charge is 2.50. The summed E-state index contributed by atoms with van der Waals surface area (Å²) in [5.41, 5.74) is 4.70. The van der Waals surface area contributed by atoms with E-state index in [1.165, 1.54) is 101 Å². The van der Waals surface area contributed by atoms with E-state index >= 15 is 0 Å². The Bertz CT molecular complexity index is 3450. The molecule has 4 bridgehead atoms. The van der Waals surface area contributed by atoms with E-state index < -0.39 is 23.4 Å². The number of ether oxygens (including phenoxy) is 4. The van der Waals surface area contributed by atoms with E-state index in [2.05, 4.69) is 88.8 Å². The van der Waals surface area contributed by atoms with Crippen molar-refractivity contribution in [3.63, 3.8) is 0 Å². The molecule has 12 N–H and O–H groups in total. The van der Waals surface area contributed by atoms with Crippen LogP contribution in [0, 0.1) is 59.7 Å². The second-order valence-corrected chi connectivity index (χ2v) is 29.1. The Balaban J connectivity index is 0.000000234. The van der Waals surface area contributed by atoms with E-state index in [0.29, 0.717) is 73.6 Å². The molecule has 562 valence electrons. The number of phenols is 2. The van der Waals surface area contributed by atoms with E-state index in [1.54, 1.807) is 31.2 Å². The van der Waals surface area contributed by atoms with Crippen molar-refractivity contribution in [2.45, 2.75) is 146 Å². The van der Waals surface area contributed by atoms with Crippen molar-refractivity contribution in [3.8, 4) is 59.0 Å². The van der Waals surface area contributed by atoms with Gasteiger partial charge in [-0.2, -0.15) is 0 Å². The molecule has 2 saturated carbocycles. The van der Waals surface area contributed by atoms with Gasteiger partial charge in [0.05, 0.1) is 64.8 Å². The van der Waals surface area contributed by atoms with E-state index in [1.807, 2.05) is 60.7 Å². The zero-order valence-electron chi connectivity index (χ0n) is 60.6. The van der Waals surface area contributed by atoms with E-state index in [9.17, 15) is 40.9 Å². The van der Waals surface area contributed by atoms with Gasteiger partial charge >= 0.3 is 0 Å². The van der Waals surface area contributed by atoms with Crippen molar-refractivity contribution in [2.75, 3.05) is 105 Å². The smallest absolute Gasteiger partial charge is 0.137 e. The Morgan fingerprint density at radius 3 is 1.26 bits per heavy atom. The molecule has 14 rings (SSSR count). The van der Waals surface area contributed by atoms with Gasteiger partial charge in [-0.3, -0.25) is 10.5 Å². The minimum atomic E-state index is -0.916. The number of halogens is 1. The van der Waals surface area contributed by atoms with Crippen molar-refractivity contribution in [1.82, 2.24) is 10.6 Å². The van der Waals surface area contributed by atoms with Gasteiger partial charge < -0.3 is 79.4 Å². The summed E-state index contributed by atoms with van der Waals surface area (Å²) in [6.45, 7) is 14.1. The number of hydrogen-bond donors (Lipinski definition) is 12. The number of aliphatic hydroxyl groups is 6. The van der Waals surface area contributed by atoms with Crippen LogP contribution < -0.4 is 20.1 Å². The summed E-state index contributed by atoms with van der Waals surface area (Å²) < 4.78 is 27.9. The molecule has 0 radical (unpaired) electrons. The summed E-state index contributed by atoms with van der Waals surface area (Å²) in [5, 5.41) is 102. The third-order valence-corrected chi connectivity index (χ3v) is 22.7. The summed E-state index contributed by atoms with van der Waals surface area (Å²) in [5.74, 6) is 15.5. The first-order valence-corrected chi connectivity index (χ1v) is 37.3. The molecular formula is C85H113BrN4O14+2. The summed E-state index contributed by atoms with van der Waals surface area (Å²) in [4.78, 5) is 0. The van der Waals surface area contributed by atoms with Crippen LogP contribution in [0.1, 0.15) is 141 Å². The summed E-state index contributed by atoms with van der Waals surface area (Å²) in [6, 6.07) is 46.6. The van der Waals surface area contributed by atoms with Gasteiger partial charge in [-0.1, -0.05) is 129 Å². The number of aromatic hydroxyl groups is 2.